The van der Waals surface area contributed by atoms with Crippen LogP contribution in [0.1, 0.15) is 22.8 Å². The van der Waals surface area contributed by atoms with E-state index in [4.69, 9.17) is 4.74 Å². The zero-order valence-corrected chi connectivity index (χ0v) is 20.1. The summed E-state index contributed by atoms with van der Waals surface area (Å²) in [5.41, 5.74) is 2.19. The van der Waals surface area contributed by atoms with Gasteiger partial charge in [-0.25, -0.2) is 4.79 Å². The van der Waals surface area contributed by atoms with E-state index in [-0.39, 0.29) is 29.5 Å². The third-order valence-corrected chi connectivity index (χ3v) is 7.36. The Hall–Kier alpha value is -4.04. The number of carbonyl (C=O) groups excluding carboxylic acids is 3. The standard InChI is InChI=1S/C28H24N2O5S/c31-21-17-36-27-23(29-22(32)16-18-10-4-1-5-11-18)26(33)30(27)24(21)28(34)35-25(19-12-6-2-7-13-19)20-14-8-3-9-15-20/h1-15,23,25,27,31H,16-17H2,(H,29,32)/t23-,27+/m1/s1. The lowest BCUT2D eigenvalue weighted by Gasteiger charge is -2.48. The fourth-order valence-corrected chi connectivity index (χ4v) is 5.55. The number of aliphatic hydroxyl groups is 1. The highest BCUT2D eigenvalue weighted by Gasteiger charge is 2.55. The number of ether oxygens (including phenoxy) is 1. The second kappa shape index (κ2) is 10.3. The van der Waals surface area contributed by atoms with Gasteiger partial charge >= 0.3 is 5.97 Å². The summed E-state index contributed by atoms with van der Waals surface area (Å²) in [6.45, 7) is 0. The molecule has 7 nitrogen and oxygen atoms in total. The lowest BCUT2D eigenvalue weighted by atomic mass is 10.0. The molecule has 2 amide bonds. The quantitative estimate of drug-likeness (QED) is 0.379. The molecule has 0 unspecified atom stereocenters. The first-order valence-electron chi connectivity index (χ1n) is 11.5. The van der Waals surface area contributed by atoms with Crippen LogP contribution in [0.4, 0.5) is 0 Å². The van der Waals surface area contributed by atoms with E-state index in [1.165, 1.54) is 16.7 Å². The number of aliphatic hydroxyl groups excluding tert-OH is 1. The summed E-state index contributed by atoms with van der Waals surface area (Å²) in [4.78, 5) is 40.1. The van der Waals surface area contributed by atoms with Crippen LogP contribution in [0.2, 0.25) is 0 Å². The summed E-state index contributed by atoms with van der Waals surface area (Å²) in [5, 5.41) is 12.8. The van der Waals surface area contributed by atoms with Crippen LogP contribution in [-0.4, -0.2) is 45.0 Å². The maximum absolute atomic E-state index is 13.3. The molecule has 0 bridgehead atoms. The van der Waals surface area contributed by atoms with Gasteiger partial charge in [0.15, 0.2) is 11.8 Å². The summed E-state index contributed by atoms with van der Waals surface area (Å²) in [5.74, 6) is -1.62. The Morgan fingerprint density at radius 3 is 2.08 bits per heavy atom. The number of nitrogens with one attached hydrogen (secondary N) is 1. The molecule has 2 aliphatic heterocycles. The van der Waals surface area contributed by atoms with Gasteiger partial charge in [0.25, 0.3) is 5.91 Å². The molecule has 2 aliphatic rings. The maximum atomic E-state index is 13.3. The number of thioether (sulfide) groups is 1. The molecule has 0 saturated carbocycles. The lowest BCUT2D eigenvalue weighted by molar-refractivity contribution is -0.155. The predicted molar refractivity (Wildman–Crippen MR) is 136 cm³/mol. The van der Waals surface area contributed by atoms with Crippen molar-refractivity contribution in [1.29, 1.82) is 0 Å². The normalized spacial score (nSPS) is 18.9. The van der Waals surface area contributed by atoms with E-state index in [1.807, 2.05) is 91.0 Å². The first-order valence-corrected chi connectivity index (χ1v) is 12.6. The fourth-order valence-electron chi connectivity index (χ4n) is 4.35. The van der Waals surface area contributed by atoms with Crippen molar-refractivity contribution in [2.24, 2.45) is 0 Å². The van der Waals surface area contributed by atoms with Gasteiger partial charge in [-0.15, -0.1) is 11.8 Å². The van der Waals surface area contributed by atoms with Crippen molar-refractivity contribution in [3.05, 3.63) is 119 Å². The maximum Gasteiger partial charge on any atom is 0.359 e. The number of β-lactam (4-membered cyclic amide) rings is 1. The highest BCUT2D eigenvalue weighted by molar-refractivity contribution is 8.00. The minimum atomic E-state index is -0.794. The summed E-state index contributed by atoms with van der Waals surface area (Å²) in [6, 6.07) is 27.0. The predicted octanol–water partition coefficient (Wildman–Crippen LogP) is 3.73. The molecule has 0 spiro atoms. The Morgan fingerprint density at radius 1 is 0.944 bits per heavy atom. The average molecular weight is 501 g/mol. The van der Waals surface area contributed by atoms with Crippen LogP contribution in [0, 0.1) is 0 Å². The number of hydrogen-bond donors (Lipinski definition) is 2. The molecule has 3 aromatic carbocycles. The van der Waals surface area contributed by atoms with Crippen LogP contribution >= 0.6 is 11.8 Å². The second-order valence-corrected chi connectivity index (χ2v) is 9.62. The number of nitrogens with zero attached hydrogens (tertiary/aromatic N) is 1. The third kappa shape index (κ3) is 4.72. The second-order valence-electron chi connectivity index (χ2n) is 8.52. The van der Waals surface area contributed by atoms with Crippen LogP contribution in [-0.2, 0) is 25.5 Å². The average Bonchev–Trinajstić information content (AvgIpc) is 2.91. The van der Waals surface area contributed by atoms with Crippen molar-refractivity contribution in [2.75, 3.05) is 5.75 Å². The first kappa shape index (κ1) is 23.7. The number of fused-ring (bicyclic) bond motifs is 1. The molecule has 2 atom stereocenters. The summed E-state index contributed by atoms with van der Waals surface area (Å²) in [6.07, 6.45) is -0.570. The Bertz CT molecular complexity index is 1260. The van der Waals surface area contributed by atoms with Gasteiger partial charge < -0.3 is 15.2 Å². The Morgan fingerprint density at radius 2 is 1.50 bits per heavy atom. The molecule has 36 heavy (non-hydrogen) atoms. The number of benzene rings is 3. The van der Waals surface area contributed by atoms with Crippen molar-refractivity contribution in [3.8, 4) is 0 Å². The Kier molecular flexibility index (Phi) is 6.77. The van der Waals surface area contributed by atoms with E-state index in [0.717, 1.165) is 16.7 Å². The van der Waals surface area contributed by atoms with Crippen LogP contribution in [0.3, 0.4) is 0 Å². The van der Waals surface area contributed by atoms with Crippen LogP contribution in [0.5, 0.6) is 0 Å². The van der Waals surface area contributed by atoms with Gasteiger partial charge in [-0.2, -0.15) is 0 Å². The molecule has 8 heteroatoms. The van der Waals surface area contributed by atoms with Gasteiger partial charge in [0.1, 0.15) is 17.2 Å². The van der Waals surface area contributed by atoms with Gasteiger partial charge in [-0.05, 0) is 16.7 Å². The fraction of sp³-hybridized carbons (Fsp3) is 0.179. The van der Waals surface area contributed by atoms with Crippen molar-refractivity contribution < 1.29 is 24.2 Å². The van der Waals surface area contributed by atoms with Crippen molar-refractivity contribution in [3.63, 3.8) is 0 Å². The van der Waals surface area contributed by atoms with E-state index < -0.39 is 29.4 Å². The van der Waals surface area contributed by atoms with Crippen LogP contribution in [0.15, 0.2) is 102 Å². The molecule has 3 aromatic rings. The van der Waals surface area contributed by atoms with E-state index in [2.05, 4.69) is 5.32 Å². The smallest absolute Gasteiger partial charge is 0.359 e. The summed E-state index contributed by atoms with van der Waals surface area (Å²) in [7, 11) is 0. The monoisotopic (exact) mass is 500 g/mol. The van der Waals surface area contributed by atoms with Crippen molar-refractivity contribution in [2.45, 2.75) is 23.9 Å². The largest absolute Gasteiger partial charge is 0.509 e. The number of amides is 2. The summed E-state index contributed by atoms with van der Waals surface area (Å²) >= 11 is 1.29. The van der Waals surface area contributed by atoms with Crippen LogP contribution in [0.25, 0.3) is 0 Å². The van der Waals surface area contributed by atoms with E-state index >= 15 is 0 Å². The Balaban J connectivity index is 1.32. The first-order chi connectivity index (χ1) is 17.5. The molecule has 2 N–H and O–H groups in total. The molecule has 5 rings (SSSR count). The molecule has 0 aromatic heterocycles. The lowest BCUT2D eigenvalue weighted by Crippen LogP contribution is -2.70. The molecule has 1 fully saturated rings. The topological polar surface area (TPSA) is 95.9 Å². The Labute approximate surface area is 212 Å². The van der Waals surface area contributed by atoms with Gasteiger partial charge in [0, 0.05) is 0 Å². The number of carbonyl (C=O) groups is 3. The molecule has 182 valence electrons. The minimum absolute atomic E-state index is 0.130. The molecular weight excluding hydrogens is 476 g/mol. The molecule has 1 saturated heterocycles. The number of esters is 1. The summed E-state index contributed by atoms with van der Waals surface area (Å²) < 4.78 is 5.88. The van der Waals surface area contributed by atoms with Gasteiger partial charge in [0.05, 0.1) is 12.2 Å². The molecule has 0 aliphatic carbocycles. The van der Waals surface area contributed by atoms with E-state index in [9.17, 15) is 19.5 Å². The van der Waals surface area contributed by atoms with Crippen LogP contribution < -0.4 is 5.32 Å². The molecule has 2 heterocycles. The molecular formula is C28H24N2O5S. The van der Waals surface area contributed by atoms with E-state index in [0.29, 0.717) is 0 Å². The highest BCUT2D eigenvalue weighted by atomic mass is 32.2. The van der Waals surface area contributed by atoms with Gasteiger partial charge in [-0.1, -0.05) is 91.0 Å². The zero-order chi connectivity index (χ0) is 25.1. The number of rotatable bonds is 7. The zero-order valence-electron chi connectivity index (χ0n) is 19.2. The SMILES string of the molecule is O=C(Cc1ccccc1)N[C@@H]1C(=O)N2C(C(=O)OC(c3ccccc3)c3ccccc3)=C(O)CS[C@@H]12. The molecule has 0 radical (unpaired) electrons. The van der Waals surface area contributed by atoms with Crippen molar-refractivity contribution in [1.82, 2.24) is 10.2 Å². The van der Waals surface area contributed by atoms with Crippen molar-refractivity contribution >= 4 is 29.5 Å². The highest BCUT2D eigenvalue weighted by Crippen LogP contribution is 2.41. The van der Waals surface area contributed by atoms with Gasteiger partial charge in [0.2, 0.25) is 5.91 Å². The van der Waals surface area contributed by atoms with Gasteiger partial charge in [-0.3, -0.25) is 14.5 Å². The minimum Gasteiger partial charge on any atom is -0.509 e. The van der Waals surface area contributed by atoms with E-state index in [1.54, 1.807) is 0 Å². The third-order valence-electron chi connectivity index (χ3n) is 6.10. The number of hydrogen-bond acceptors (Lipinski definition) is 6.